The average molecular weight is 350 g/mol. The van der Waals surface area contributed by atoms with E-state index in [0.717, 1.165) is 48.1 Å². The molecule has 0 aliphatic carbocycles. The first-order valence-electron chi connectivity index (χ1n) is 8.24. The Morgan fingerprint density at radius 3 is 2.91 bits per heavy atom. The summed E-state index contributed by atoms with van der Waals surface area (Å²) >= 11 is 3.58. The van der Waals surface area contributed by atoms with E-state index in [9.17, 15) is 4.79 Å². The highest BCUT2D eigenvalue weighted by Crippen LogP contribution is 2.30. The Morgan fingerprint density at radius 2 is 2.17 bits per heavy atom. The van der Waals surface area contributed by atoms with Gasteiger partial charge in [-0.3, -0.25) is 4.79 Å². The summed E-state index contributed by atoms with van der Waals surface area (Å²) in [6.45, 7) is 4.06. The third-order valence-corrected chi connectivity index (χ3v) is 6.09. The molecule has 1 fully saturated rings. The van der Waals surface area contributed by atoms with Crippen LogP contribution in [-0.2, 0) is 4.79 Å². The molecule has 124 valence electrons. The molecule has 0 unspecified atom stereocenters. The lowest BCUT2D eigenvalue weighted by molar-refractivity contribution is -0.121. The fourth-order valence-corrected chi connectivity index (χ4v) is 4.46. The number of amides is 1. The predicted octanol–water partition coefficient (Wildman–Crippen LogP) is 3.52. The smallest absolute Gasteiger partial charge is 0.221 e. The van der Waals surface area contributed by atoms with Gasteiger partial charge in [-0.05, 0) is 30.7 Å². The van der Waals surface area contributed by atoms with Crippen LogP contribution in [0.5, 0.6) is 0 Å². The molecule has 0 radical (unpaired) electrons. The third-order valence-electron chi connectivity index (χ3n) is 4.09. The molecule has 1 saturated heterocycles. The summed E-state index contributed by atoms with van der Waals surface area (Å²) in [5, 5.41) is 4.29. The number of carbonyl (C=O) groups is 1. The second kappa shape index (κ2) is 8.02. The summed E-state index contributed by atoms with van der Waals surface area (Å²) in [6, 6.07) is 8.60. The standard InChI is InChI=1S/C17H23N3OS2/c1-2-22-12-9-16(21)18-13-7-10-20(11-8-13)17-19-14-5-3-4-6-15(14)23-17/h3-6,13H,2,7-12H2,1H3,(H,18,21). The molecule has 1 aliphatic rings. The van der Waals surface area contributed by atoms with Gasteiger partial charge < -0.3 is 10.2 Å². The van der Waals surface area contributed by atoms with Crippen LogP contribution in [0.3, 0.4) is 0 Å². The molecule has 1 aliphatic heterocycles. The summed E-state index contributed by atoms with van der Waals surface area (Å²) < 4.78 is 1.24. The van der Waals surface area contributed by atoms with Crippen molar-refractivity contribution in [3.8, 4) is 0 Å². The maximum Gasteiger partial charge on any atom is 0.221 e. The number of rotatable bonds is 6. The van der Waals surface area contributed by atoms with E-state index in [4.69, 9.17) is 4.98 Å². The Hall–Kier alpha value is -1.27. The molecule has 3 rings (SSSR count). The van der Waals surface area contributed by atoms with Crippen molar-refractivity contribution in [2.75, 3.05) is 29.5 Å². The van der Waals surface area contributed by atoms with Crippen LogP contribution in [0.1, 0.15) is 26.2 Å². The Morgan fingerprint density at radius 1 is 1.39 bits per heavy atom. The fraction of sp³-hybridized carbons (Fsp3) is 0.529. The number of piperidine rings is 1. The van der Waals surface area contributed by atoms with Crippen LogP contribution in [-0.4, -0.2) is 41.5 Å². The number of benzene rings is 1. The number of thiazole rings is 1. The SMILES string of the molecule is CCSCCC(=O)NC1CCN(c2nc3ccccc3s2)CC1. The molecule has 23 heavy (non-hydrogen) atoms. The molecule has 1 amide bonds. The minimum atomic E-state index is 0.199. The van der Waals surface area contributed by atoms with Crippen molar-refractivity contribution in [1.82, 2.24) is 10.3 Å². The van der Waals surface area contributed by atoms with Gasteiger partial charge in [0.1, 0.15) is 0 Å². The molecule has 1 aromatic carbocycles. The van der Waals surface area contributed by atoms with Crippen molar-refractivity contribution in [2.24, 2.45) is 0 Å². The van der Waals surface area contributed by atoms with E-state index >= 15 is 0 Å². The number of anilines is 1. The van der Waals surface area contributed by atoms with Gasteiger partial charge in [-0.25, -0.2) is 4.98 Å². The van der Waals surface area contributed by atoms with E-state index < -0.39 is 0 Å². The zero-order valence-corrected chi connectivity index (χ0v) is 15.1. The van der Waals surface area contributed by atoms with Crippen LogP contribution >= 0.6 is 23.1 Å². The lowest BCUT2D eigenvalue weighted by Gasteiger charge is -2.32. The van der Waals surface area contributed by atoms with Crippen LogP contribution in [0.25, 0.3) is 10.2 Å². The van der Waals surface area contributed by atoms with E-state index in [1.165, 1.54) is 4.70 Å². The van der Waals surface area contributed by atoms with Gasteiger partial charge in [-0.15, -0.1) is 0 Å². The Bertz CT molecular complexity index is 617. The largest absolute Gasteiger partial charge is 0.353 e. The van der Waals surface area contributed by atoms with Gasteiger partial charge in [0, 0.05) is 31.3 Å². The number of thioether (sulfide) groups is 1. The minimum absolute atomic E-state index is 0.199. The van der Waals surface area contributed by atoms with E-state index in [1.807, 2.05) is 17.8 Å². The summed E-state index contributed by atoms with van der Waals surface area (Å²) in [6.07, 6.45) is 2.64. The van der Waals surface area contributed by atoms with E-state index in [2.05, 4.69) is 35.3 Å². The summed E-state index contributed by atoms with van der Waals surface area (Å²) in [4.78, 5) is 19.0. The number of aromatic nitrogens is 1. The molecule has 1 aromatic heterocycles. The highest BCUT2D eigenvalue weighted by Gasteiger charge is 2.22. The van der Waals surface area contributed by atoms with E-state index in [1.54, 1.807) is 11.3 Å². The summed E-state index contributed by atoms with van der Waals surface area (Å²) in [7, 11) is 0. The average Bonchev–Trinajstić information content (AvgIpc) is 3.00. The van der Waals surface area contributed by atoms with E-state index in [0.29, 0.717) is 12.5 Å². The number of nitrogens with zero attached hydrogens (tertiary/aromatic N) is 2. The lowest BCUT2D eigenvalue weighted by Crippen LogP contribution is -2.44. The Kier molecular flexibility index (Phi) is 5.78. The van der Waals surface area contributed by atoms with Gasteiger partial charge in [-0.2, -0.15) is 11.8 Å². The van der Waals surface area contributed by atoms with Crippen LogP contribution in [0, 0.1) is 0 Å². The maximum atomic E-state index is 11.9. The zero-order chi connectivity index (χ0) is 16.1. The normalized spacial score (nSPS) is 16.0. The molecule has 0 atom stereocenters. The second-order valence-corrected chi connectivity index (χ2v) is 8.14. The van der Waals surface area contributed by atoms with Crippen molar-refractivity contribution in [3.63, 3.8) is 0 Å². The van der Waals surface area contributed by atoms with E-state index in [-0.39, 0.29) is 5.91 Å². The fourth-order valence-electron chi connectivity index (χ4n) is 2.82. The molecule has 4 nitrogen and oxygen atoms in total. The molecule has 0 saturated carbocycles. The quantitative estimate of drug-likeness (QED) is 0.811. The number of fused-ring (bicyclic) bond motifs is 1. The maximum absolute atomic E-state index is 11.9. The first-order chi connectivity index (χ1) is 11.3. The predicted molar refractivity (Wildman–Crippen MR) is 101 cm³/mol. The summed E-state index contributed by atoms with van der Waals surface area (Å²) in [5.41, 5.74) is 1.08. The van der Waals surface area contributed by atoms with Gasteiger partial charge >= 0.3 is 0 Å². The molecule has 6 heteroatoms. The van der Waals surface area contributed by atoms with Crippen molar-refractivity contribution in [3.05, 3.63) is 24.3 Å². The number of carbonyl (C=O) groups excluding carboxylic acids is 1. The first-order valence-corrected chi connectivity index (χ1v) is 10.2. The minimum Gasteiger partial charge on any atom is -0.353 e. The Labute approximate surface area is 145 Å². The monoisotopic (exact) mass is 349 g/mol. The van der Waals surface area contributed by atoms with Crippen molar-refractivity contribution in [2.45, 2.75) is 32.2 Å². The molecule has 0 spiro atoms. The van der Waals surface area contributed by atoms with Gasteiger partial charge in [0.2, 0.25) is 5.91 Å². The molecule has 0 bridgehead atoms. The number of nitrogens with one attached hydrogen (secondary N) is 1. The van der Waals surface area contributed by atoms with Crippen LogP contribution in [0.2, 0.25) is 0 Å². The second-order valence-electron chi connectivity index (χ2n) is 5.74. The highest BCUT2D eigenvalue weighted by molar-refractivity contribution is 7.99. The topological polar surface area (TPSA) is 45.2 Å². The number of hydrogen-bond donors (Lipinski definition) is 1. The number of hydrogen-bond acceptors (Lipinski definition) is 5. The van der Waals surface area contributed by atoms with Gasteiger partial charge in [0.25, 0.3) is 0 Å². The molecular formula is C17H23N3OS2. The van der Waals surface area contributed by atoms with Crippen LogP contribution in [0.4, 0.5) is 5.13 Å². The lowest BCUT2D eigenvalue weighted by atomic mass is 10.1. The van der Waals surface area contributed by atoms with Crippen molar-refractivity contribution >= 4 is 44.4 Å². The molecular weight excluding hydrogens is 326 g/mol. The third kappa shape index (κ3) is 4.38. The molecule has 2 aromatic rings. The van der Waals surface area contributed by atoms with Gasteiger partial charge in [0.15, 0.2) is 5.13 Å². The molecule has 2 heterocycles. The van der Waals surface area contributed by atoms with Crippen LogP contribution in [0.15, 0.2) is 24.3 Å². The summed E-state index contributed by atoms with van der Waals surface area (Å²) in [5.74, 6) is 2.20. The molecule has 1 N–H and O–H groups in total. The van der Waals surface area contributed by atoms with Gasteiger partial charge in [0.05, 0.1) is 10.2 Å². The zero-order valence-electron chi connectivity index (χ0n) is 13.5. The van der Waals surface area contributed by atoms with Crippen molar-refractivity contribution < 1.29 is 4.79 Å². The van der Waals surface area contributed by atoms with Crippen LogP contribution < -0.4 is 10.2 Å². The number of para-hydroxylation sites is 1. The Balaban J connectivity index is 1.49. The first kappa shape index (κ1) is 16.6. The van der Waals surface area contributed by atoms with Gasteiger partial charge in [-0.1, -0.05) is 30.4 Å². The highest BCUT2D eigenvalue weighted by atomic mass is 32.2. The van der Waals surface area contributed by atoms with Crippen molar-refractivity contribution in [1.29, 1.82) is 0 Å².